The lowest BCUT2D eigenvalue weighted by Crippen LogP contribution is -2.54. The third kappa shape index (κ3) is 6.30. The van der Waals surface area contributed by atoms with E-state index in [1.54, 1.807) is 6.92 Å². The van der Waals surface area contributed by atoms with E-state index in [1.807, 2.05) is 6.07 Å². The van der Waals surface area contributed by atoms with Crippen molar-refractivity contribution in [3.63, 3.8) is 0 Å². The molecule has 1 aromatic carbocycles. The second-order valence-electron chi connectivity index (χ2n) is 6.27. The Labute approximate surface area is 151 Å². The van der Waals surface area contributed by atoms with Gasteiger partial charge in [0.15, 0.2) is 0 Å². The van der Waals surface area contributed by atoms with Gasteiger partial charge in [-0.05, 0) is 32.3 Å². The summed E-state index contributed by atoms with van der Waals surface area (Å²) >= 11 is 0. The van der Waals surface area contributed by atoms with Crippen LogP contribution in [0.15, 0.2) is 30.3 Å². The number of hydrogen-bond acceptors (Lipinski definition) is 3. The molecule has 0 spiro atoms. The van der Waals surface area contributed by atoms with Gasteiger partial charge in [0.1, 0.15) is 0 Å². The van der Waals surface area contributed by atoms with E-state index in [0.29, 0.717) is 6.54 Å². The first-order valence-electron chi connectivity index (χ1n) is 7.88. The average molecular weight is 362 g/mol. The summed E-state index contributed by atoms with van der Waals surface area (Å²) in [5.74, 6) is -0.0737. The fourth-order valence-electron chi connectivity index (χ4n) is 3.13. The van der Waals surface area contributed by atoms with Crippen LogP contribution in [0.5, 0.6) is 0 Å². The number of hydrogen-bond donors (Lipinski definition) is 3. The van der Waals surface area contributed by atoms with E-state index in [9.17, 15) is 4.79 Å². The van der Waals surface area contributed by atoms with Crippen LogP contribution < -0.4 is 16.4 Å². The van der Waals surface area contributed by atoms with Crippen LogP contribution in [0, 0.1) is 0 Å². The molecule has 0 bridgehead atoms. The maximum absolute atomic E-state index is 11.7. The normalized spacial score (nSPS) is 18.2. The van der Waals surface area contributed by atoms with Crippen molar-refractivity contribution in [1.29, 1.82) is 0 Å². The van der Waals surface area contributed by atoms with Gasteiger partial charge in [0, 0.05) is 18.1 Å². The minimum Gasteiger partial charge on any atom is -0.353 e. The first-order chi connectivity index (χ1) is 10.0. The van der Waals surface area contributed by atoms with E-state index in [2.05, 4.69) is 41.8 Å². The Morgan fingerprint density at radius 1 is 1.17 bits per heavy atom. The van der Waals surface area contributed by atoms with Crippen LogP contribution in [0.2, 0.25) is 0 Å². The number of amides is 1. The van der Waals surface area contributed by atoms with Crippen molar-refractivity contribution in [1.82, 2.24) is 10.6 Å². The molecule has 1 aliphatic rings. The number of carbonyl (C=O) groups is 1. The zero-order valence-electron chi connectivity index (χ0n) is 13.9. The summed E-state index contributed by atoms with van der Waals surface area (Å²) in [6, 6.07) is 10.3. The van der Waals surface area contributed by atoms with E-state index in [-0.39, 0.29) is 42.3 Å². The van der Waals surface area contributed by atoms with Crippen molar-refractivity contribution in [3.05, 3.63) is 35.9 Å². The Kier molecular flexibility index (Phi) is 9.78. The largest absolute Gasteiger partial charge is 0.353 e. The molecule has 0 saturated heterocycles. The number of nitrogens with two attached hydrogens (primary N) is 1. The number of rotatable bonds is 6. The average Bonchev–Trinajstić information content (AvgIpc) is 2.94. The Morgan fingerprint density at radius 2 is 1.74 bits per heavy atom. The zero-order chi connectivity index (χ0) is 15.3. The summed E-state index contributed by atoms with van der Waals surface area (Å²) < 4.78 is 0. The monoisotopic (exact) mass is 361 g/mol. The topological polar surface area (TPSA) is 67.1 Å². The molecule has 2 atom stereocenters. The molecular weight excluding hydrogens is 333 g/mol. The molecule has 1 saturated carbocycles. The number of carbonyl (C=O) groups excluding carboxylic acids is 1. The predicted molar refractivity (Wildman–Crippen MR) is 100 cm³/mol. The molecule has 4 N–H and O–H groups in total. The van der Waals surface area contributed by atoms with E-state index >= 15 is 0 Å². The van der Waals surface area contributed by atoms with Crippen LogP contribution in [0.1, 0.15) is 51.1 Å². The van der Waals surface area contributed by atoms with Crippen molar-refractivity contribution in [2.75, 3.05) is 6.54 Å². The van der Waals surface area contributed by atoms with Crippen molar-refractivity contribution in [2.45, 2.75) is 57.2 Å². The lowest BCUT2D eigenvalue weighted by atomic mass is 9.94. The molecule has 132 valence electrons. The molecule has 2 rings (SSSR count). The molecule has 0 radical (unpaired) electrons. The quantitative estimate of drug-likeness (QED) is 0.729. The highest BCUT2D eigenvalue weighted by molar-refractivity contribution is 5.85. The molecule has 6 heteroatoms. The highest BCUT2D eigenvalue weighted by Crippen LogP contribution is 2.31. The summed E-state index contributed by atoms with van der Waals surface area (Å²) in [5, 5.41) is 6.74. The summed E-state index contributed by atoms with van der Waals surface area (Å²) in [6.07, 6.45) is 4.62. The van der Waals surface area contributed by atoms with Gasteiger partial charge in [-0.15, -0.1) is 24.8 Å². The first-order valence-corrected chi connectivity index (χ1v) is 7.88. The maximum Gasteiger partial charge on any atom is 0.236 e. The van der Waals surface area contributed by atoms with Crippen LogP contribution in [0.3, 0.4) is 0 Å². The minimum atomic E-state index is -0.449. The summed E-state index contributed by atoms with van der Waals surface area (Å²) in [4.78, 5) is 11.7. The second kappa shape index (κ2) is 10.1. The van der Waals surface area contributed by atoms with Gasteiger partial charge in [-0.1, -0.05) is 43.2 Å². The van der Waals surface area contributed by atoms with Gasteiger partial charge in [-0.3, -0.25) is 4.79 Å². The van der Waals surface area contributed by atoms with E-state index in [0.717, 1.165) is 12.8 Å². The molecule has 0 aromatic heterocycles. The van der Waals surface area contributed by atoms with Crippen LogP contribution in [-0.2, 0) is 4.79 Å². The van der Waals surface area contributed by atoms with Crippen molar-refractivity contribution in [2.24, 2.45) is 5.73 Å². The fourth-order valence-corrected chi connectivity index (χ4v) is 3.13. The fraction of sp³-hybridized carbons (Fsp3) is 0.588. The van der Waals surface area contributed by atoms with Gasteiger partial charge < -0.3 is 16.4 Å². The Balaban J connectivity index is 0.00000242. The smallest absolute Gasteiger partial charge is 0.236 e. The Bertz CT molecular complexity index is 462. The molecule has 23 heavy (non-hydrogen) atoms. The number of benzene rings is 1. The molecule has 1 fully saturated rings. The molecule has 4 nitrogen and oxygen atoms in total. The molecule has 1 unspecified atom stereocenters. The Hall–Kier alpha value is -0.810. The summed E-state index contributed by atoms with van der Waals surface area (Å²) in [6.45, 7) is 4.56. The van der Waals surface area contributed by atoms with Crippen molar-refractivity contribution >= 4 is 30.7 Å². The van der Waals surface area contributed by atoms with Crippen LogP contribution in [-0.4, -0.2) is 24.0 Å². The predicted octanol–water partition coefficient (Wildman–Crippen LogP) is 2.96. The van der Waals surface area contributed by atoms with E-state index in [1.165, 1.54) is 18.4 Å². The summed E-state index contributed by atoms with van der Waals surface area (Å²) in [5.41, 5.74) is 6.90. The van der Waals surface area contributed by atoms with Gasteiger partial charge >= 0.3 is 0 Å². The van der Waals surface area contributed by atoms with Gasteiger partial charge in [0.2, 0.25) is 5.91 Å². The summed E-state index contributed by atoms with van der Waals surface area (Å²) in [7, 11) is 0. The molecule has 1 aromatic rings. The Morgan fingerprint density at radius 3 is 2.26 bits per heavy atom. The number of halogens is 2. The standard InChI is InChI=1S/C17H27N3O.2ClH/c1-13(18)16(21)19-12-17(10-6-7-11-17)20-14(2)15-8-4-3-5-9-15;;/h3-5,8-9,13-14,20H,6-7,10-12,18H2,1-2H3,(H,19,21);2*1H/t13-,14?;;/m1../s1. The molecule has 1 amide bonds. The third-order valence-electron chi connectivity index (χ3n) is 4.40. The van der Waals surface area contributed by atoms with Gasteiger partial charge in [0.05, 0.1) is 6.04 Å². The van der Waals surface area contributed by atoms with Gasteiger partial charge in [-0.2, -0.15) is 0 Å². The minimum absolute atomic E-state index is 0. The lowest BCUT2D eigenvalue weighted by molar-refractivity contribution is -0.122. The van der Waals surface area contributed by atoms with Crippen LogP contribution in [0.25, 0.3) is 0 Å². The molecule has 0 aliphatic heterocycles. The SMILES string of the molecule is CC(NC1(CNC(=O)[C@@H](C)N)CCCC1)c1ccccc1.Cl.Cl. The number of nitrogens with one attached hydrogen (secondary N) is 2. The van der Waals surface area contributed by atoms with E-state index < -0.39 is 6.04 Å². The second-order valence-corrected chi connectivity index (χ2v) is 6.27. The zero-order valence-corrected chi connectivity index (χ0v) is 15.5. The van der Waals surface area contributed by atoms with Gasteiger partial charge in [-0.25, -0.2) is 0 Å². The van der Waals surface area contributed by atoms with E-state index in [4.69, 9.17) is 5.73 Å². The molecule has 0 heterocycles. The maximum atomic E-state index is 11.7. The third-order valence-corrected chi connectivity index (χ3v) is 4.40. The van der Waals surface area contributed by atoms with Crippen molar-refractivity contribution in [3.8, 4) is 0 Å². The lowest BCUT2D eigenvalue weighted by Gasteiger charge is -2.34. The highest BCUT2D eigenvalue weighted by Gasteiger charge is 2.35. The molecular formula is C17H29Cl2N3O. The highest BCUT2D eigenvalue weighted by atomic mass is 35.5. The van der Waals surface area contributed by atoms with Gasteiger partial charge in [0.25, 0.3) is 0 Å². The van der Waals surface area contributed by atoms with Crippen molar-refractivity contribution < 1.29 is 4.79 Å². The molecule has 1 aliphatic carbocycles. The van der Waals surface area contributed by atoms with Crippen LogP contribution >= 0.6 is 24.8 Å². The van der Waals surface area contributed by atoms with Crippen LogP contribution in [0.4, 0.5) is 0 Å². The first kappa shape index (κ1) is 22.2.